The van der Waals surface area contributed by atoms with Crippen LogP contribution in [-0.4, -0.2) is 29.9 Å². The molecule has 0 radical (unpaired) electrons. The van der Waals surface area contributed by atoms with Crippen LogP contribution in [0.2, 0.25) is 0 Å². The molecule has 2 fully saturated rings. The Morgan fingerprint density at radius 2 is 1.80 bits per heavy atom. The summed E-state index contributed by atoms with van der Waals surface area (Å²) >= 11 is 0. The van der Waals surface area contributed by atoms with Crippen LogP contribution in [0.15, 0.2) is 48.5 Å². The molecule has 1 unspecified atom stereocenters. The van der Waals surface area contributed by atoms with Gasteiger partial charge >= 0.3 is 0 Å². The number of fused-ring (bicyclic) bond motifs is 2. The summed E-state index contributed by atoms with van der Waals surface area (Å²) in [6, 6.07) is 16.1. The van der Waals surface area contributed by atoms with E-state index in [1.165, 1.54) is 23.1 Å². The molecule has 158 valence electrons. The summed E-state index contributed by atoms with van der Waals surface area (Å²) in [5.41, 5.74) is 4.25. The van der Waals surface area contributed by atoms with Crippen LogP contribution in [-0.2, 0) is 16.8 Å². The predicted molar refractivity (Wildman–Crippen MR) is 117 cm³/mol. The van der Waals surface area contributed by atoms with Gasteiger partial charge in [0.25, 0.3) is 0 Å². The molecule has 3 aliphatic rings. The van der Waals surface area contributed by atoms with Gasteiger partial charge in [-0.05, 0) is 91.8 Å². The zero-order chi connectivity index (χ0) is 20.6. The topological polar surface area (TPSA) is 32.3 Å². The van der Waals surface area contributed by atoms with Crippen molar-refractivity contribution in [1.29, 1.82) is 0 Å². The van der Waals surface area contributed by atoms with Gasteiger partial charge < -0.3 is 5.32 Å². The minimum atomic E-state index is -0.175. The molecule has 1 spiro atoms. The van der Waals surface area contributed by atoms with Crippen molar-refractivity contribution in [3.05, 3.63) is 71.0 Å². The standard InChI is InChI=1S/C26H31FN2O/c27-21-10-8-19(9-11-21)18-29-14-12-26(13-15-29)17-20(23-6-1-2-7-24(23)26)16-25(30)28-22-4-3-5-22/h1-2,6-11,20,22H,3-5,12-18H2,(H,28,30). The van der Waals surface area contributed by atoms with E-state index in [0.29, 0.717) is 18.4 Å². The lowest BCUT2D eigenvalue weighted by atomic mass is 9.73. The van der Waals surface area contributed by atoms with E-state index in [0.717, 1.165) is 51.7 Å². The van der Waals surface area contributed by atoms with Crippen LogP contribution in [0.5, 0.6) is 0 Å². The van der Waals surface area contributed by atoms with Gasteiger partial charge in [-0.2, -0.15) is 0 Å². The second-order valence-electron chi connectivity index (χ2n) is 9.57. The fraction of sp³-hybridized carbons (Fsp3) is 0.500. The molecular weight excluding hydrogens is 375 g/mol. The zero-order valence-corrected chi connectivity index (χ0v) is 17.6. The van der Waals surface area contributed by atoms with Crippen molar-refractivity contribution in [2.24, 2.45) is 0 Å². The van der Waals surface area contributed by atoms with E-state index in [1.54, 1.807) is 12.1 Å². The maximum Gasteiger partial charge on any atom is 0.220 e. The first kappa shape index (κ1) is 19.7. The monoisotopic (exact) mass is 406 g/mol. The van der Waals surface area contributed by atoms with Gasteiger partial charge in [-0.3, -0.25) is 9.69 Å². The number of carbonyl (C=O) groups excluding carboxylic acids is 1. The van der Waals surface area contributed by atoms with Crippen LogP contribution in [0.25, 0.3) is 0 Å². The van der Waals surface area contributed by atoms with Crippen molar-refractivity contribution < 1.29 is 9.18 Å². The summed E-state index contributed by atoms with van der Waals surface area (Å²) in [6.45, 7) is 2.98. The predicted octanol–water partition coefficient (Wildman–Crippen LogP) is 4.91. The summed E-state index contributed by atoms with van der Waals surface area (Å²) < 4.78 is 13.2. The molecule has 1 saturated heterocycles. The summed E-state index contributed by atoms with van der Waals surface area (Å²) in [5.74, 6) is 0.390. The van der Waals surface area contributed by atoms with Crippen molar-refractivity contribution in [2.45, 2.75) is 68.9 Å². The van der Waals surface area contributed by atoms with Crippen LogP contribution in [0.1, 0.15) is 67.6 Å². The first-order valence-corrected chi connectivity index (χ1v) is 11.5. The van der Waals surface area contributed by atoms with Crippen molar-refractivity contribution >= 4 is 5.91 Å². The van der Waals surface area contributed by atoms with Gasteiger partial charge in [-0.15, -0.1) is 0 Å². The van der Waals surface area contributed by atoms with E-state index in [1.807, 2.05) is 12.1 Å². The molecule has 1 amide bonds. The first-order chi connectivity index (χ1) is 14.6. The lowest BCUT2D eigenvalue weighted by Gasteiger charge is -2.40. The fourth-order valence-corrected chi connectivity index (χ4v) is 5.73. The van der Waals surface area contributed by atoms with Gasteiger partial charge in [0.05, 0.1) is 0 Å². The summed E-state index contributed by atoms with van der Waals surface area (Å²) in [6.07, 6.45) is 7.50. The normalized spacial score (nSPS) is 23.2. The molecule has 0 aromatic heterocycles. The Hall–Kier alpha value is -2.20. The highest BCUT2D eigenvalue weighted by Gasteiger charge is 2.45. The molecule has 2 aromatic rings. The Balaban J connectivity index is 1.25. The van der Waals surface area contributed by atoms with Gasteiger partial charge in [0.1, 0.15) is 5.82 Å². The number of rotatable bonds is 5. The minimum Gasteiger partial charge on any atom is -0.353 e. The van der Waals surface area contributed by atoms with Crippen LogP contribution in [0.3, 0.4) is 0 Å². The van der Waals surface area contributed by atoms with Gasteiger partial charge in [0, 0.05) is 19.0 Å². The van der Waals surface area contributed by atoms with Crippen molar-refractivity contribution in [1.82, 2.24) is 10.2 Å². The van der Waals surface area contributed by atoms with Crippen molar-refractivity contribution in [2.75, 3.05) is 13.1 Å². The summed E-state index contributed by atoms with van der Waals surface area (Å²) in [7, 11) is 0. The van der Waals surface area contributed by atoms with Gasteiger partial charge in [0.15, 0.2) is 0 Å². The Labute approximate surface area is 178 Å². The second-order valence-corrected chi connectivity index (χ2v) is 9.57. The molecule has 1 saturated carbocycles. The molecule has 1 atom stereocenters. The zero-order valence-electron chi connectivity index (χ0n) is 17.6. The summed E-state index contributed by atoms with van der Waals surface area (Å²) in [5, 5.41) is 3.23. The fourth-order valence-electron chi connectivity index (χ4n) is 5.73. The van der Waals surface area contributed by atoms with E-state index in [4.69, 9.17) is 0 Å². The lowest BCUT2D eigenvalue weighted by Crippen LogP contribution is -2.41. The molecule has 4 heteroatoms. The third kappa shape index (κ3) is 3.90. The molecule has 2 aliphatic carbocycles. The molecule has 30 heavy (non-hydrogen) atoms. The average Bonchev–Trinajstić information content (AvgIpc) is 3.02. The average molecular weight is 407 g/mol. The van der Waals surface area contributed by atoms with Crippen LogP contribution >= 0.6 is 0 Å². The number of hydrogen-bond donors (Lipinski definition) is 1. The largest absolute Gasteiger partial charge is 0.353 e. The number of hydrogen-bond acceptors (Lipinski definition) is 2. The molecule has 1 N–H and O–H groups in total. The SMILES string of the molecule is O=C(CC1CC2(CCN(Cc3ccc(F)cc3)CC2)c2ccccc21)NC1CCC1. The molecule has 5 rings (SSSR count). The van der Waals surface area contributed by atoms with E-state index in [2.05, 4.69) is 34.5 Å². The highest BCUT2D eigenvalue weighted by molar-refractivity contribution is 5.77. The van der Waals surface area contributed by atoms with E-state index in [9.17, 15) is 9.18 Å². The number of halogens is 1. The Kier molecular flexibility index (Phi) is 5.36. The number of likely N-dealkylation sites (tertiary alicyclic amines) is 1. The molecule has 1 heterocycles. The lowest BCUT2D eigenvalue weighted by molar-refractivity contribution is -0.122. The van der Waals surface area contributed by atoms with Crippen molar-refractivity contribution in [3.8, 4) is 0 Å². The maximum atomic E-state index is 13.2. The number of nitrogens with zero attached hydrogens (tertiary/aromatic N) is 1. The van der Waals surface area contributed by atoms with E-state index >= 15 is 0 Å². The highest BCUT2D eigenvalue weighted by Crippen LogP contribution is 2.52. The Morgan fingerprint density at radius 1 is 1.07 bits per heavy atom. The number of benzene rings is 2. The smallest absolute Gasteiger partial charge is 0.220 e. The van der Waals surface area contributed by atoms with Crippen LogP contribution in [0.4, 0.5) is 4.39 Å². The van der Waals surface area contributed by atoms with E-state index < -0.39 is 0 Å². The van der Waals surface area contributed by atoms with E-state index in [-0.39, 0.29) is 17.1 Å². The molecular formula is C26H31FN2O. The van der Waals surface area contributed by atoms with Gasteiger partial charge in [-0.1, -0.05) is 36.4 Å². The van der Waals surface area contributed by atoms with Gasteiger partial charge in [-0.25, -0.2) is 4.39 Å². The maximum absolute atomic E-state index is 13.2. The number of nitrogens with one attached hydrogen (secondary N) is 1. The third-order valence-electron chi connectivity index (χ3n) is 7.64. The second kappa shape index (κ2) is 8.14. The Bertz CT molecular complexity index is 898. The van der Waals surface area contributed by atoms with Crippen LogP contribution in [0, 0.1) is 5.82 Å². The number of carbonyl (C=O) groups is 1. The van der Waals surface area contributed by atoms with Gasteiger partial charge in [0.2, 0.25) is 5.91 Å². The minimum absolute atomic E-state index is 0.175. The first-order valence-electron chi connectivity index (χ1n) is 11.5. The highest BCUT2D eigenvalue weighted by atomic mass is 19.1. The number of amides is 1. The quantitative estimate of drug-likeness (QED) is 0.766. The molecule has 0 bridgehead atoms. The third-order valence-corrected chi connectivity index (χ3v) is 7.64. The molecule has 3 nitrogen and oxygen atoms in total. The number of piperidine rings is 1. The molecule has 2 aromatic carbocycles. The Morgan fingerprint density at radius 3 is 2.50 bits per heavy atom. The molecule has 1 aliphatic heterocycles. The van der Waals surface area contributed by atoms with Crippen molar-refractivity contribution in [3.63, 3.8) is 0 Å². The van der Waals surface area contributed by atoms with Crippen LogP contribution < -0.4 is 5.32 Å². The summed E-state index contributed by atoms with van der Waals surface area (Å²) in [4.78, 5) is 15.1.